The standard InChI is InChI=1S/C19H19N5O3/c25-17-6-5-13(11-20-17)19(27)24-9-7-23(8-10-24)12-16-21-15-4-2-1-3-14(15)18(26)22-16/h1-6,11H,7-10,12H2,(H,20,25)(H,21,22,26). The van der Waals surface area contributed by atoms with Crippen LogP contribution in [0.2, 0.25) is 0 Å². The van der Waals surface area contributed by atoms with Crippen LogP contribution >= 0.6 is 0 Å². The lowest BCUT2D eigenvalue weighted by Gasteiger charge is -2.34. The SMILES string of the molecule is O=C(c1ccc(=O)[nH]c1)N1CCN(Cc2nc3ccccc3c(=O)[nH]2)CC1. The Kier molecular flexibility index (Phi) is 4.55. The number of fused-ring (bicyclic) bond motifs is 1. The summed E-state index contributed by atoms with van der Waals surface area (Å²) >= 11 is 0. The van der Waals surface area contributed by atoms with Crippen LogP contribution in [-0.4, -0.2) is 56.8 Å². The molecule has 0 aliphatic carbocycles. The fourth-order valence-corrected chi connectivity index (χ4v) is 3.26. The van der Waals surface area contributed by atoms with Crippen molar-refractivity contribution in [2.75, 3.05) is 26.2 Å². The maximum Gasteiger partial charge on any atom is 0.258 e. The van der Waals surface area contributed by atoms with E-state index in [9.17, 15) is 14.4 Å². The van der Waals surface area contributed by atoms with E-state index >= 15 is 0 Å². The van der Waals surface area contributed by atoms with Gasteiger partial charge in [-0.05, 0) is 18.2 Å². The second-order valence-corrected chi connectivity index (χ2v) is 6.54. The number of para-hydroxylation sites is 1. The molecule has 0 radical (unpaired) electrons. The highest BCUT2D eigenvalue weighted by Crippen LogP contribution is 2.11. The molecular weight excluding hydrogens is 346 g/mol. The van der Waals surface area contributed by atoms with Gasteiger partial charge in [0.25, 0.3) is 11.5 Å². The molecule has 1 amide bonds. The summed E-state index contributed by atoms with van der Waals surface area (Å²) in [5.74, 6) is 0.530. The van der Waals surface area contributed by atoms with Gasteiger partial charge in [0.1, 0.15) is 5.82 Å². The first-order valence-corrected chi connectivity index (χ1v) is 8.78. The second-order valence-electron chi connectivity index (χ2n) is 6.54. The third-order valence-corrected chi connectivity index (χ3v) is 4.73. The number of benzene rings is 1. The zero-order valence-electron chi connectivity index (χ0n) is 14.6. The van der Waals surface area contributed by atoms with Crippen LogP contribution < -0.4 is 11.1 Å². The molecule has 27 heavy (non-hydrogen) atoms. The lowest BCUT2D eigenvalue weighted by atomic mass is 10.2. The minimum atomic E-state index is -0.228. The average Bonchev–Trinajstić information content (AvgIpc) is 2.69. The van der Waals surface area contributed by atoms with Crippen LogP contribution in [0, 0.1) is 0 Å². The number of hydrogen-bond donors (Lipinski definition) is 2. The Morgan fingerprint density at radius 3 is 2.56 bits per heavy atom. The Morgan fingerprint density at radius 2 is 1.81 bits per heavy atom. The van der Waals surface area contributed by atoms with Crippen LogP contribution in [0.3, 0.4) is 0 Å². The molecule has 8 heteroatoms. The highest BCUT2D eigenvalue weighted by molar-refractivity contribution is 5.93. The Hall–Kier alpha value is -3.26. The van der Waals surface area contributed by atoms with Gasteiger partial charge in [-0.25, -0.2) is 4.98 Å². The van der Waals surface area contributed by atoms with Gasteiger partial charge in [0.05, 0.1) is 23.0 Å². The summed E-state index contributed by atoms with van der Waals surface area (Å²) in [6, 6.07) is 10.2. The summed E-state index contributed by atoms with van der Waals surface area (Å²) < 4.78 is 0. The van der Waals surface area contributed by atoms with Gasteiger partial charge in [0.2, 0.25) is 5.56 Å². The summed E-state index contributed by atoms with van der Waals surface area (Å²) in [5.41, 5.74) is 0.794. The number of carbonyl (C=O) groups excluding carboxylic acids is 1. The first-order chi connectivity index (χ1) is 13.1. The van der Waals surface area contributed by atoms with Gasteiger partial charge in [-0.15, -0.1) is 0 Å². The maximum atomic E-state index is 12.5. The normalized spacial score (nSPS) is 15.2. The predicted molar refractivity (Wildman–Crippen MR) is 101 cm³/mol. The van der Waals surface area contributed by atoms with Gasteiger partial charge >= 0.3 is 0 Å². The van der Waals surface area contributed by atoms with Crippen LogP contribution in [0.1, 0.15) is 16.2 Å². The number of rotatable bonds is 3. The molecule has 3 heterocycles. The molecule has 1 aliphatic rings. The lowest BCUT2D eigenvalue weighted by Crippen LogP contribution is -2.48. The van der Waals surface area contributed by atoms with E-state index in [2.05, 4.69) is 19.9 Å². The topological polar surface area (TPSA) is 102 Å². The molecule has 8 nitrogen and oxygen atoms in total. The highest BCUT2D eigenvalue weighted by Gasteiger charge is 2.22. The fourth-order valence-electron chi connectivity index (χ4n) is 3.26. The average molecular weight is 365 g/mol. The van der Waals surface area contributed by atoms with Crippen molar-refractivity contribution in [3.8, 4) is 0 Å². The molecule has 0 bridgehead atoms. The van der Waals surface area contributed by atoms with E-state index in [0.717, 1.165) is 0 Å². The van der Waals surface area contributed by atoms with Gasteiger partial charge in [0.15, 0.2) is 0 Å². The molecule has 3 aromatic rings. The van der Waals surface area contributed by atoms with E-state index in [4.69, 9.17) is 0 Å². The summed E-state index contributed by atoms with van der Waals surface area (Å²) in [5, 5.41) is 0.581. The zero-order valence-corrected chi connectivity index (χ0v) is 14.6. The molecule has 1 aliphatic heterocycles. The number of piperazine rings is 1. The number of hydrogen-bond acceptors (Lipinski definition) is 5. The Labute approximate surface area is 154 Å². The van der Waals surface area contributed by atoms with Crippen LogP contribution in [0.5, 0.6) is 0 Å². The zero-order chi connectivity index (χ0) is 18.8. The number of carbonyl (C=O) groups is 1. The minimum absolute atomic E-state index is 0.0943. The van der Waals surface area contributed by atoms with Gasteiger partial charge in [0, 0.05) is 38.4 Å². The second kappa shape index (κ2) is 7.16. The molecule has 1 aromatic carbocycles. The van der Waals surface area contributed by atoms with Crippen molar-refractivity contribution in [2.45, 2.75) is 6.54 Å². The quantitative estimate of drug-likeness (QED) is 0.706. The van der Waals surface area contributed by atoms with Crippen LogP contribution in [0.4, 0.5) is 0 Å². The highest BCUT2D eigenvalue weighted by atomic mass is 16.2. The molecular formula is C19H19N5O3. The largest absolute Gasteiger partial charge is 0.336 e. The number of aromatic nitrogens is 3. The number of pyridine rings is 1. The van der Waals surface area contributed by atoms with Crippen molar-refractivity contribution >= 4 is 16.8 Å². The molecule has 0 unspecified atom stereocenters. The molecule has 0 spiro atoms. The summed E-state index contributed by atoms with van der Waals surface area (Å²) in [4.78, 5) is 49.6. The molecule has 2 aromatic heterocycles. The summed E-state index contributed by atoms with van der Waals surface area (Å²) in [7, 11) is 0. The van der Waals surface area contributed by atoms with Crippen LogP contribution in [0.25, 0.3) is 10.9 Å². The van der Waals surface area contributed by atoms with Crippen molar-refractivity contribution < 1.29 is 4.79 Å². The lowest BCUT2D eigenvalue weighted by molar-refractivity contribution is 0.0625. The van der Waals surface area contributed by atoms with Crippen molar-refractivity contribution in [1.29, 1.82) is 0 Å². The van der Waals surface area contributed by atoms with E-state index in [0.29, 0.717) is 55.0 Å². The van der Waals surface area contributed by atoms with Crippen molar-refractivity contribution in [3.05, 3.63) is 74.7 Å². The summed E-state index contributed by atoms with van der Waals surface area (Å²) in [6.07, 6.45) is 1.45. The molecule has 138 valence electrons. The van der Waals surface area contributed by atoms with E-state index in [1.54, 1.807) is 11.0 Å². The number of aromatic amines is 2. The molecule has 1 fully saturated rings. The smallest absolute Gasteiger partial charge is 0.258 e. The monoisotopic (exact) mass is 365 g/mol. The van der Waals surface area contributed by atoms with E-state index in [1.165, 1.54) is 18.3 Å². The van der Waals surface area contributed by atoms with Crippen molar-refractivity contribution in [3.63, 3.8) is 0 Å². The van der Waals surface area contributed by atoms with Gasteiger partial charge in [-0.3, -0.25) is 19.3 Å². The molecule has 0 saturated carbocycles. The molecule has 1 saturated heterocycles. The van der Waals surface area contributed by atoms with E-state index < -0.39 is 0 Å². The summed E-state index contributed by atoms with van der Waals surface area (Å²) in [6.45, 7) is 3.06. The molecule has 2 N–H and O–H groups in total. The molecule has 0 atom stereocenters. The maximum absolute atomic E-state index is 12.5. The third kappa shape index (κ3) is 3.65. The van der Waals surface area contributed by atoms with Crippen molar-refractivity contribution in [2.24, 2.45) is 0 Å². The minimum Gasteiger partial charge on any atom is -0.336 e. The molecule has 4 rings (SSSR count). The van der Waals surface area contributed by atoms with Gasteiger partial charge in [-0.1, -0.05) is 12.1 Å². The van der Waals surface area contributed by atoms with Gasteiger partial charge < -0.3 is 14.9 Å². The first kappa shape index (κ1) is 17.2. The number of nitrogens with zero attached hydrogens (tertiary/aromatic N) is 3. The van der Waals surface area contributed by atoms with E-state index in [-0.39, 0.29) is 17.0 Å². The number of amides is 1. The predicted octanol–water partition coefficient (Wildman–Crippen LogP) is 0.569. The first-order valence-electron chi connectivity index (χ1n) is 8.78. The Morgan fingerprint density at radius 1 is 1.04 bits per heavy atom. The van der Waals surface area contributed by atoms with Gasteiger partial charge in [-0.2, -0.15) is 0 Å². The van der Waals surface area contributed by atoms with Crippen LogP contribution in [0.15, 0.2) is 52.2 Å². The number of nitrogens with one attached hydrogen (secondary N) is 2. The van der Waals surface area contributed by atoms with Crippen LogP contribution in [-0.2, 0) is 6.54 Å². The third-order valence-electron chi connectivity index (χ3n) is 4.73. The number of H-pyrrole nitrogens is 2. The van der Waals surface area contributed by atoms with Crippen molar-refractivity contribution in [1.82, 2.24) is 24.8 Å². The van der Waals surface area contributed by atoms with E-state index in [1.807, 2.05) is 18.2 Å². The Balaban J connectivity index is 1.41. The Bertz CT molecular complexity index is 1080. The fraction of sp³-hybridized carbons (Fsp3) is 0.263.